The predicted molar refractivity (Wildman–Crippen MR) is 66.1 cm³/mol. The first-order valence-electron chi connectivity index (χ1n) is 5.44. The van der Waals surface area contributed by atoms with E-state index < -0.39 is 6.10 Å². The van der Waals surface area contributed by atoms with Crippen LogP contribution in [0, 0.1) is 0 Å². The lowest BCUT2D eigenvalue weighted by atomic mass is 10.3. The molecule has 1 aromatic rings. The van der Waals surface area contributed by atoms with Crippen LogP contribution >= 0.6 is 0 Å². The third-order valence-corrected chi connectivity index (χ3v) is 2.21. The van der Waals surface area contributed by atoms with Crippen molar-refractivity contribution in [2.24, 2.45) is 5.73 Å². The molecule has 1 unspecified atom stereocenters. The molecule has 1 rings (SSSR count). The molecule has 5 heteroatoms. The predicted octanol–water partition coefficient (Wildman–Crippen LogP) is 0.998. The number of carbonyl (C=O) groups excluding carboxylic acids is 1. The van der Waals surface area contributed by atoms with Gasteiger partial charge in [-0.25, -0.2) is 0 Å². The second-order valence-electron chi connectivity index (χ2n) is 3.53. The number of hydrogen-bond acceptors (Lipinski definition) is 4. The molecule has 17 heavy (non-hydrogen) atoms. The molecule has 0 heterocycles. The summed E-state index contributed by atoms with van der Waals surface area (Å²) in [5.41, 5.74) is 6.02. The average Bonchev–Trinajstić information content (AvgIpc) is 2.35. The fourth-order valence-electron chi connectivity index (χ4n) is 1.19. The maximum absolute atomic E-state index is 11.6. The molecule has 0 bridgehead atoms. The van der Waals surface area contributed by atoms with Gasteiger partial charge in [0, 0.05) is 25.4 Å². The molecular formula is C12H18N2O3. The zero-order chi connectivity index (χ0) is 12.7. The number of anilines is 1. The SMILES string of the molecule is COC(C)C(=O)Nc1cccc(OCCN)c1. The minimum absolute atomic E-state index is 0.191. The van der Waals surface area contributed by atoms with Crippen molar-refractivity contribution in [2.45, 2.75) is 13.0 Å². The molecule has 0 spiro atoms. The van der Waals surface area contributed by atoms with Crippen LogP contribution < -0.4 is 15.8 Å². The van der Waals surface area contributed by atoms with Gasteiger partial charge >= 0.3 is 0 Å². The maximum atomic E-state index is 11.6. The van der Waals surface area contributed by atoms with E-state index in [2.05, 4.69) is 5.32 Å². The van der Waals surface area contributed by atoms with Crippen LogP contribution in [0.15, 0.2) is 24.3 Å². The van der Waals surface area contributed by atoms with Crippen LogP contribution in [-0.4, -0.2) is 32.3 Å². The number of nitrogens with one attached hydrogen (secondary N) is 1. The van der Waals surface area contributed by atoms with E-state index >= 15 is 0 Å². The van der Waals surface area contributed by atoms with Crippen LogP contribution in [0.2, 0.25) is 0 Å². The Hall–Kier alpha value is -1.59. The molecule has 0 aromatic heterocycles. The van der Waals surface area contributed by atoms with Gasteiger partial charge in [0.1, 0.15) is 18.5 Å². The maximum Gasteiger partial charge on any atom is 0.253 e. The quantitative estimate of drug-likeness (QED) is 0.775. The molecule has 0 aliphatic heterocycles. The first-order chi connectivity index (χ1) is 8.17. The van der Waals surface area contributed by atoms with Gasteiger partial charge in [0.25, 0.3) is 5.91 Å². The lowest BCUT2D eigenvalue weighted by Crippen LogP contribution is -2.26. The number of nitrogens with two attached hydrogens (primary N) is 1. The summed E-state index contributed by atoms with van der Waals surface area (Å²) in [6.07, 6.45) is -0.483. The normalized spacial score (nSPS) is 11.9. The fourth-order valence-corrected chi connectivity index (χ4v) is 1.19. The monoisotopic (exact) mass is 238 g/mol. The number of methoxy groups -OCH3 is 1. The molecule has 0 aliphatic carbocycles. The summed E-state index contributed by atoms with van der Waals surface area (Å²) in [6.45, 7) is 2.59. The van der Waals surface area contributed by atoms with Gasteiger partial charge in [0.05, 0.1) is 0 Å². The lowest BCUT2D eigenvalue weighted by molar-refractivity contribution is -0.124. The Balaban J connectivity index is 2.62. The molecule has 1 aromatic carbocycles. The molecule has 0 aliphatic rings. The van der Waals surface area contributed by atoms with Gasteiger partial charge < -0.3 is 20.5 Å². The highest BCUT2D eigenvalue weighted by molar-refractivity contribution is 5.94. The summed E-state index contributed by atoms with van der Waals surface area (Å²) in [5.74, 6) is 0.488. The zero-order valence-electron chi connectivity index (χ0n) is 10.1. The first kappa shape index (κ1) is 13.5. The summed E-state index contributed by atoms with van der Waals surface area (Å²) in [7, 11) is 1.49. The van der Waals surface area contributed by atoms with Gasteiger partial charge in [-0.2, -0.15) is 0 Å². The average molecular weight is 238 g/mol. The van der Waals surface area contributed by atoms with E-state index in [9.17, 15) is 4.79 Å². The Bertz CT molecular complexity index is 369. The summed E-state index contributed by atoms with van der Waals surface area (Å²) in [6, 6.07) is 7.15. The summed E-state index contributed by atoms with van der Waals surface area (Å²) < 4.78 is 10.3. The molecule has 1 amide bonds. The van der Waals surface area contributed by atoms with Crippen molar-refractivity contribution in [3.63, 3.8) is 0 Å². The minimum atomic E-state index is -0.483. The van der Waals surface area contributed by atoms with Crippen LogP contribution in [0.4, 0.5) is 5.69 Å². The molecule has 0 radical (unpaired) electrons. The number of ether oxygens (including phenoxy) is 2. The van der Waals surface area contributed by atoms with Gasteiger partial charge in [-0.1, -0.05) is 6.07 Å². The Kier molecular flexibility index (Phi) is 5.45. The number of rotatable bonds is 6. The molecule has 1 atom stereocenters. The van der Waals surface area contributed by atoms with Gasteiger partial charge in [-0.3, -0.25) is 4.79 Å². The highest BCUT2D eigenvalue weighted by Gasteiger charge is 2.11. The van der Waals surface area contributed by atoms with E-state index in [0.717, 1.165) is 0 Å². The Morgan fingerprint density at radius 2 is 2.29 bits per heavy atom. The Morgan fingerprint density at radius 1 is 1.53 bits per heavy atom. The van der Waals surface area contributed by atoms with E-state index in [1.807, 2.05) is 6.07 Å². The number of amides is 1. The highest BCUT2D eigenvalue weighted by Crippen LogP contribution is 2.17. The van der Waals surface area contributed by atoms with Crippen LogP contribution in [0.25, 0.3) is 0 Å². The largest absolute Gasteiger partial charge is 0.492 e. The molecule has 0 fully saturated rings. The minimum Gasteiger partial charge on any atom is -0.492 e. The second-order valence-corrected chi connectivity index (χ2v) is 3.53. The standard InChI is InChI=1S/C12H18N2O3/c1-9(16-2)12(15)14-10-4-3-5-11(8-10)17-7-6-13/h3-5,8-9H,6-7,13H2,1-2H3,(H,14,15). The van der Waals surface area contributed by atoms with Gasteiger partial charge in [0.15, 0.2) is 0 Å². The van der Waals surface area contributed by atoms with E-state index in [4.69, 9.17) is 15.2 Å². The number of carbonyl (C=O) groups is 1. The van der Waals surface area contributed by atoms with Crippen LogP contribution in [0.1, 0.15) is 6.92 Å². The van der Waals surface area contributed by atoms with Gasteiger partial charge in [-0.15, -0.1) is 0 Å². The molecule has 5 nitrogen and oxygen atoms in total. The third-order valence-electron chi connectivity index (χ3n) is 2.21. The van der Waals surface area contributed by atoms with Crippen LogP contribution in [-0.2, 0) is 9.53 Å². The molecule has 3 N–H and O–H groups in total. The summed E-state index contributed by atoms with van der Waals surface area (Å²) in [4.78, 5) is 11.6. The summed E-state index contributed by atoms with van der Waals surface area (Å²) >= 11 is 0. The summed E-state index contributed by atoms with van der Waals surface area (Å²) in [5, 5.41) is 2.73. The van der Waals surface area contributed by atoms with Crippen molar-refractivity contribution in [1.29, 1.82) is 0 Å². The number of benzene rings is 1. The van der Waals surface area contributed by atoms with Gasteiger partial charge in [0.2, 0.25) is 0 Å². The number of hydrogen-bond donors (Lipinski definition) is 2. The van der Waals surface area contributed by atoms with Gasteiger partial charge in [-0.05, 0) is 19.1 Å². The van der Waals surface area contributed by atoms with Crippen molar-refractivity contribution in [2.75, 3.05) is 25.6 Å². The van der Waals surface area contributed by atoms with E-state index in [1.54, 1.807) is 25.1 Å². The van der Waals surface area contributed by atoms with Crippen molar-refractivity contribution < 1.29 is 14.3 Å². The van der Waals surface area contributed by atoms with E-state index in [0.29, 0.717) is 24.6 Å². The van der Waals surface area contributed by atoms with Crippen molar-refractivity contribution in [3.8, 4) is 5.75 Å². The molecule has 0 saturated carbocycles. The zero-order valence-corrected chi connectivity index (χ0v) is 10.1. The Labute approximate surface area is 101 Å². The van der Waals surface area contributed by atoms with Crippen molar-refractivity contribution in [1.82, 2.24) is 0 Å². The molecule has 0 saturated heterocycles. The topological polar surface area (TPSA) is 73.6 Å². The lowest BCUT2D eigenvalue weighted by Gasteiger charge is -2.11. The van der Waals surface area contributed by atoms with Crippen molar-refractivity contribution in [3.05, 3.63) is 24.3 Å². The molecule has 94 valence electrons. The van der Waals surface area contributed by atoms with Crippen LogP contribution in [0.5, 0.6) is 5.75 Å². The van der Waals surface area contributed by atoms with E-state index in [-0.39, 0.29) is 5.91 Å². The van der Waals surface area contributed by atoms with Crippen molar-refractivity contribution >= 4 is 11.6 Å². The van der Waals surface area contributed by atoms with E-state index in [1.165, 1.54) is 7.11 Å². The smallest absolute Gasteiger partial charge is 0.253 e. The second kappa shape index (κ2) is 6.88. The fraction of sp³-hybridized carbons (Fsp3) is 0.417. The third kappa shape index (κ3) is 4.42. The van der Waals surface area contributed by atoms with Crippen LogP contribution in [0.3, 0.4) is 0 Å². The first-order valence-corrected chi connectivity index (χ1v) is 5.44. The Morgan fingerprint density at radius 3 is 2.94 bits per heavy atom. The molecular weight excluding hydrogens is 220 g/mol. The highest BCUT2D eigenvalue weighted by atomic mass is 16.5.